The summed E-state index contributed by atoms with van der Waals surface area (Å²) >= 11 is 5.90. The maximum Gasteiger partial charge on any atom is 0.405 e. The van der Waals surface area contributed by atoms with Gasteiger partial charge in [-0.15, -0.1) is 0 Å². The van der Waals surface area contributed by atoms with Gasteiger partial charge in [-0.1, -0.05) is 29.8 Å². The third-order valence-corrected chi connectivity index (χ3v) is 3.52. The molecule has 0 fully saturated rings. The van der Waals surface area contributed by atoms with Gasteiger partial charge < -0.3 is 15.4 Å². The summed E-state index contributed by atoms with van der Waals surface area (Å²) < 4.78 is 41.7. The number of carbonyl (C=O) groups excluding carboxylic acids is 2. The van der Waals surface area contributed by atoms with Crippen LogP contribution in [-0.4, -0.2) is 31.1 Å². The first-order valence-electron chi connectivity index (χ1n) is 7.82. The van der Waals surface area contributed by atoms with E-state index >= 15 is 0 Å². The summed E-state index contributed by atoms with van der Waals surface area (Å²) in [6.07, 6.45) is -4.51. The summed E-state index contributed by atoms with van der Waals surface area (Å²) in [6.45, 7) is -1.78. The minimum atomic E-state index is -4.51. The average molecular weight is 401 g/mol. The Bertz CT molecular complexity index is 812. The lowest BCUT2D eigenvalue weighted by molar-refractivity contribution is -0.137. The van der Waals surface area contributed by atoms with Crippen molar-refractivity contribution in [3.63, 3.8) is 0 Å². The van der Waals surface area contributed by atoms with Crippen molar-refractivity contribution in [3.05, 3.63) is 64.7 Å². The van der Waals surface area contributed by atoms with Crippen molar-refractivity contribution in [2.75, 3.05) is 13.1 Å². The fourth-order valence-corrected chi connectivity index (χ4v) is 2.26. The van der Waals surface area contributed by atoms with Crippen molar-refractivity contribution in [3.8, 4) is 5.75 Å². The monoisotopic (exact) mass is 400 g/mol. The molecule has 27 heavy (non-hydrogen) atoms. The predicted octanol–water partition coefficient (Wildman–Crippen LogP) is 3.33. The molecule has 0 radical (unpaired) electrons. The van der Waals surface area contributed by atoms with E-state index in [-0.39, 0.29) is 12.2 Å². The second kappa shape index (κ2) is 9.27. The van der Waals surface area contributed by atoms with Crippen LogP contribution in [0.3, 0.4) is 0 Å². The van der Waals surface area contributed by atoms with Crippen LogP contribution in [0.15, 0.2) is 48.5 Å². The number of benzene rings is 2. The quantitative estimate of drug-likeness (QED) is 0.749. The second-order valence-electron chi connectivity index (χ2n) is 5.52. The number of hydrogen-bond acceptors (Lipinski definition) is 3. The third-order valence-electron chi connectivity index (χ3n) is 3.29. The molecule has 0 spiro atoms. The van der Waals surface area contributed by atoms with Gasteiger partial charge in [0.1, 0.15) is 18.9 Å². The van der Waals surface area contributed by atoms with Crippen molar-refractivity contribution < 1.29 is 27.5 Å². The molecule has 0 unspecified atom stereocenters. The Kier molecular flexibility index (Phi) is 7.06. The lowest BCUT2D eigenvalue weighted by Gasteiger charge is -2.10. The molecule has 0 aromatic heterocycles. The molecule has 0 saturated heterocycles. The molecule has 0 aliphatic rings. The molecule has 2 amide bonds. The fourth-order valence-electron chi connectivity index (χ4n) is 2.04. The van der Waals surface area contributed by atoms with Crippen molar-refractivity contribution in [1.82, 2.24) is 10.6 Å². The van der Waals surface area contributed by atoms with Gasteiger partial charge in [0.15, 0.2) is 0 Å². The molecule has 0 atom stereocenters. The van der Waals surface area contributed by atoms with Gasteiger partial charge in [-0.2, -0.15) is 13.2 Å². The van der Waals surface area contributed by atoms with Gasteiger partial charge in [0.05, 0.1) is 6.54 Å². The Labute approximate surface area is 158 Å². The average Bonchev–Trinajstić information content (AvgIpc) is 2.62. The molecule has 0 bridgehead atoms. The van der Waals surface area contributed by atoms with Crippen LogP contribution >= 0.6 is 11.6 Å². The third kappa shape index (κ3) is 7.57. The molecule has 2 rings (SSSR count). The Morgan fingerprint density at radius 3 is 2.48 bits per heavy atom. The Hall–Kier alpha value is -2.74. The largest absolute Gasteiger partial charge is 0.489 e. The lowest BCUT2D eigenvalue weighted by Crippen LogP contribution is -2.40. The van der Waals surface area contributed by atoms with Gasteiger partial charge in [0, 0.05) is 10.6 Å². The molecule has 0 saturated carbocycles. The Morgan fingerprint density at radius 2 is 1.78 bits per heavy atom. The standard InChI is InChI=1S/C18H16ClF3N2O3/c19-14-5-1-3-12(7-14)10-27-15-6-2-4-13(8-15)17(26)23-9-16(25)24-11-18(20,21)22/h1-8H,9-11H2,(H,23,26)(H,24,25). The van der Waals surface area contributed by atoms with Crippen LogP contribution in [0.2, 0.25) is 5.02 Å². The number of carbonyl (C=O) groups is 2. The molecular formula is C18H16ClF3N2O3. The topological polar surface area (TPSA) is 67.4 Å². The van der Waals surface area contributed by atoms with Gasteiger partial charge >= 0.3 is 6.18 Å². The first kappa shape index (κ1) is 20.6. The maximum atomic E-state index is 12.0. The molecule has 2 aromatic carbocycles. The zero-order chi connectivity index (χ0) is 19.9. The van der Waals surface area contributed by atoms with Gasteiger partial charge in [0.2, 0.25) is 5.91 Å². The first-order chi connectivity index (χ1) is 12.7. The number of halogens is 4. The molecule has 2 N–H and O–H groups in total. The van der Waals surface area contributed by atoms with Crippen LogP contribution in [-0.2, 0) is 11.4 Å². The molecule has 0 aliphatic carbocycles. The van der Waals surface area contributed by atoms with Crippen molar-refractivity contribution in [2.24, 2.45) is 0 Å². The molecule has 0 aliphatic heterocycles. The molecular weight excluding hydrogens is 385 g/mol. The van der Waals surface area contributed by atoms with Crippen LogP contribution in [0.1, 0.15) is 15.9 Å². The van der Waals surface area contributed by atoms with E-state index in [9.17, 15) is 22.8 Å². The van der Waals surface area contributed by atoms with E-state index in [4.69, 9.17) is 16.3 Å². The van der Waals surface area contributed by atoms with Crippen molar-refractivity contribution in [2.45, 2.75) is 12.8 Å². The SMILES string of the molecule is O=C(CNC(=O)c1cccc(OCc2cccc(Cl)c2)c1)NCC(F)(F)F. The van der Waals surface area contributed by atoms with Crippen molar-refractivity contribution in [1.29, 1.82) is 0 Å². The highest BCUT2D eigenvalue weighted by Gasteiger charge is 2.27. The highest BCUT2D eigenvalue weighted by molar-refractivity contribution is 6.30. The molecule has 0 heterocycles. The van der Waals surface area contributed by atoms with E-state index in [1.54, 1.807) is 35.6 Å². The van der Waals surface area contributed by atoms with Crippen LogP contribution in [0.25, 0.3) is 0 Å². The van der Waals surface area contributed by atoms with Crippen LogP contribution in [0.4, 0.5) is 13.2 Å². The molecule has 9 heteroatoms. The first-order valence-corrected chi connectivity index (χ1v) is 8.20. The van der Waals surface area contributed by atoms with E-state index in [2.05, 4.69) is 5.32 Å². The van der Waals surface area contributed by atoms with Gasteiger partial charge in [-0.25, -0.2) is 0 Å². The summed E-state index contributed by atoms with van der Waals surface area (Å²) in [5, 5.41) is 4.50. The smallest absolute Gasteiger partial charge is 0.405 e. The normalized spacial score (nSPS) is 11.0. The summed E-state index contributed by atoms with van der Waals surface area (Å²) in [7, 11) is 0. The number of ether oxygens (including phenoxy) is 1. The highest BCUT2D eigenvalue weighted by Crippen LogP contribution is 2.17. The zero-order valence-corrected chi connectivity index (χ0v) is 14.7. The van der Waals surface area contributed by atoms with E-state index in [0.717, 1.165) is 5.56 Å². The number of amides is 2. The van der Waals surface area contributed by atoms with Crippen molar-refractivity contribution >= 4 is 23.4 Å². The summed E-state index contributed by atoms with van der Waals surface area (Å²) in [4.78, 5) is 23.4. The summed E-state index contributed by atoms with van der Waals surface area (Å²) in [5.74, 6) is -1.12. The van der Waals surface area contributed by atoms with Crippen LogP contribution < -0.4 is 15.4 Å². The van der Waals surface area contributed by atoms with E-state index < -0.39 is 31.1 Å². The van der Waals surface area contributed by atoms with E-state index in [1.165, 1.54) is 12.1 Å². The molecule has 144 valence electrons. The number of alkyl halides is 3. The summed E-state index contributed by atoms with van der Waals surface area (Å²) in [6, 6.07) is 13.3. The number of nitrogens with one attached hydrogen (secondary N) is 2. The Balaban J connectivity index is 1.86. The fraction of sp³-hybridized carbons (Fsp3) is 0.222. The van der Waals surface area contributed by atoms with E-state index in [1.807, 2.05) is 6.07 Å². The van der Waals surface area contributed by atoms with Gasteiger partial charge in [0.25, 0.3) is 5.91 Å². The van der Waals surface area contributed by atoms with Gasteiger partial charge in [-0.3, -0.25) is 9.59 Å². The minimum Gasteiger partial charge on any atom is -0.489 e. The van der Waals surface area contributed by atoms with E-state index in [0.29, 0.717) is 10.8 Å². The zero-order valence-electron chi connectivity index (χ0n) is 14.0. The number of hydrogen-bond donors (Lipinski definition) is 2. The lowest BCUT2D eigenvalue weighted by atomic mass is 10.2. The molecule has 5 nitrogen and oxygen atoms in total. The molecule has 2 aromatic rings. The van der Waals surface area contributed by atoms with Crippen LogP contribution in [0.5, 0.6) is 5.75 Å². The van der Waals surface area contributed by atoms with Gasteiger partial charge in [-0.05, 0) is 35.9 Å². The second-order valence-corrected chi connectivity index (χ2v) is 5.96. The summed E-state index contributed by atoms with van der Waals surface area (Å²) in [5.41, 5.74) is 1.06. The maximum absolute atomic E-state index is 12.0. The highest BCUT2D eigenvalue weighted by atomic mass is 35.5. The predicted molar refractivity (Wildman–Crippen MR) is 93.6 cm³/mol. The number of rotatable bonds is 7. The Morgan fingerprint density at radius 1 is 1.04 bits per heavy atom. The van der Waals surface area contributed by atoms with Crippen LogP contribution in [0, 0.1) is 0 Å². The minimum absolute atomic E-state index is 0.210.